The average Bonchev–Trinajstić information content (AvgIpc) is 3.11. The number of esters is 1. The van der Waals surface area contributed by atoms with E-state index in [-0.39, 0.29) is 10.1 Å². The molecule has 1 fully saturated rings. The van der Waals surface area contributed by atoms with Gasteiger partial charge in [0.25, 0.3) is 5.91 Å². The normalized spacial score (nSPS) is 16.1. The molecule has 0 bridgehead atoms. The maximum absolute atomic E-state index is 11.8. The summed E-state index contributed by atoms with van der Waals surface area (Å²) >= 11 is 1.01. The van der Waals surface area contributed by atoms with Gasteiger partial charge >= 0.3 is 5.97 Å². The minimum atomic E-state index is -0.612. The highest BCUT2D eigenvalue weighted by Gasteiger charge is 2.25. The summed E-state index contributed by atoms with van der Waals surface area (Å²) in [4.78, 5) is 23.3. The van der Waals surface area contributed by atoms with Crippen LogP contribution in [0.2, 0.25) is 0 Å². The van der Waals surface area contributed by atoms with Gasteiger partial charge in [0.15, 0.2) is 5.17 Å². The summed E-state index contributed by atoms with van der Waals surface area (Å²) in [6, 6.07) is 15.0. The number of nitrogens with one attached hydrogen (secondary N) is 1. The molecule has 3 rings (SSSR count). The number of ether oxygens (including phenoxy) is 3. The van der Waals surface area contributed by atoms with Crippen LogP contribution in [-0.4, -0.2) is 37.5 Å². The average molecular weight is 425 g/mol. The van der Waals surface area contributed by atoms with Crippen molar-refractivity contribution in [2.75, 3.05) is 14.2 Å². The SMILES string of the molecule is COC(=O)/C=C1/S/C(=N\N=Cc2ccccc2OCc2cccc(OC)c2)NC1=O. The number of benzene rings is 2. The Morgan fingerprint density at radius 1 is 1.17 bits per heavy atom. The van der Waals surface area contributed by atoms with Crippen LogP contribution in [0.1, 0.15) is 11.1 Å². The maximum Gasteiger partial charge on any atom is 0.331 e. The van der Waals surface area contributed by atoms with Crippen molar-refractivity contribution in [1.82, 2.24) is 5.32 Å². The lowest BCUT2D eigenvalue weighted by atomic mass is 10.2. The van der Waals surface area contributed by atoms with Crippen LogP contribution in [0.5, 0.6) is 11.5 Å². The van der Waals surface area contributed by atoms with Crippen LogP contribution in [0.25, 0.3) is 0 Å². The number of nitrogens with zero attached hydrogens (tertiary/aromatic N) is 2. The molecule has 1 aliphatic heterocycles. The first-order valence-corrected chi connectivity index (χ1v) is 9.65. The van der Waals surface area contributed by atoms with Gasteiger partial charge in [-0.05, 0) is 41.6 Å². The van der Waals surface area contributed by atoms with Crippen LogP contribution in [0.3, 0.4) is 0 Å². The molecule has 154 valence electrons. The molecule has 1 amide bonds. The summed E-state index contributed by atoms with van der Waals surface area (Å²) in [6.07, 6.45) is 2.64. The van der Waals surface area contributed by atoms with E-state index in [1.807, 2.05) is 48.5 Å². The van der Waals surface area contributed by atoms with Gasteiger partial charge in [-0.15, -0.1) is 5.10 Å². The van der Waals surface area contributed by atoms with Gasteiger partial charge in [0.1, 0.15) is 18.1 Å². The van der Waals surface area contributed by atoms with Crippen molar-refractivity contribution in [3.63, 3.8) is 0 Å². The molecule has 1 aliphatic rings. The highest BCUT2D eigenvalue weighted by atomic mass is 32.2. The van der Waals surface area contributed by atoms with Crippen LogP contribution in [0.4, 0.5) is 0 Å². The zero-order valence-corrected chi connectivity index (χ0v) is 17.1. The van der Waals surface area contributed by atoms with E-state index in [9.17, 15) is 9.59 Å². The summed E-state index contributed by atoms with van der Waals surface area (Å²) in [5.74, 6) is 0.359. The molecule has 0 aliphatic carbocycles. The van der Waals surface area contributed by atoms with Crippen LogP contribution in [0, 0.1) is 0 Å². The van der Waals surface area contributed by atoms with E-state index < -0.39 is 11.9 Å². The van der Waals surface area contributed by atoms with Crippen LogP contribution < -0.4 is 14.8 Å². The number of hydrogen-bond donors (Lipinski definition) is 1. The van der Waals surface area contributed by atoms with Crippen molar-refractivity contribution in [1.29, 1.82) is 0 Å². The summed E-state index contributed by atoms with van der Waals surface area (Å²) in [6.45, 7) is 0.365. The molecule has 2 aromatic rings. The number of amides is 1. The molecule has 8 nitrogen and oxygen atoms in total. The molecule has 30 heavy (non-hydrogen) atoms. The van der Waals surface area contributed by atoms with Crippen LogP contribution >= 0.6 is 11.8 Å². The zero-order valence-electron chi connectivity index (χ0n) is 16.3. The van der Waals surface area contributed by atoms with E-state index in [1.165, 1.54) is 13.3 Å². The lowest BCUT2D eigenvalue weighted by Crippen LogP contribution is -2.19. The molecule has 2 aromatic carbocycles. The Bertz CT molecular complexity index is 1030. The molecule has 1 N–H and O–H groups in total. The molecule has 0 radical (unpaired) electrons. The number of rotatable bonds is 7. The number of amidine groups is 1. The van der Waals surface area contributed by atoms with Gasteiger partial charge in [-0.25, -0.2) is 4.79 Å². The van der Waals surface area contributed by atoms with Gasteiger partial charge in [-0.3, -0.25) is 10.1 Å². The van der Waals surface area contributed by atoms with Gasteiger partial charge in [-0.1, -0.05) is 24.3 Å². The Hall–Kier alpha value is -3.59. The van der Waals surface area contributed by atoms with Crippen LogP contribution in [0.15, 0.2) is 69.7 Å². The predicted octanol–water partition coefficient (Wildman–Crippen LogP) is 2.88. The molecule has 0 unspecified atom stereocenters. The second kappa shape index (κ2) is 10.3. The number of carbonyl (C=O) groups excluding carboxylic acids is 2. The smallest absolute Gasteiger partial charge is 0.331 e. The zero-order chi connectivity index (χ0) is 21.3. The molecule has 9 heteroatoms. The van der Waals surface area contributed by atoms with Gasteiger partial charge in [0.05, 0.1) is 25.3 Å². The second-order valence-electron chi connectivity index (χ2n) is 5.92. The molecule has 1 saturated heterocycles. The molecular weight excluding hydrogens is 406 g/mol. The van der Waals surface area contributed by atoms with Gasteiger partial charge < -0.3 is 14.2 Å². The van der Waals surface area contributed by atoms with Crippen molar-refractivity contribution < 1.29 is 23.8 Å². The molecule has 0 saturated carbocycles. The fourth-order valence-electron chi connectivity index (χ4n) is 2.43. The van der Waals surface area contributed by atoms with Gasteiger partial charge in [0, 0.05) is 11.6 Å². The lowest BCUT2D eigenvalue weighted by molar-refractivity contribution is -0.135. The predicted molar refractivity (Wildman–Crippen MR) is 115 cm³/mol. The molecule has 0 aromatic heterocycles. The minimum absolute atomic E-state index is 0.192. The summed E-state index contributed by atoms with van der Waals surface area (Å²) in [5, 5.41) is 10.8. The van der Waals surface area contributed by atoms with Gasteiger partial charge in [0.2, 0.25) is 0 Å². The van der Waals surface area contributed by atoms with Crippen molar-refractivity contribution in [2.24, 2.45) is 10.2 Å². The van der Waals surface area contributed by atoms with Crippen LogP contribution in [-0.2, 0) is 20.9 Å². The standard InChI is InChI=1S/C21H19N3O5S/c1-27-16-8-5-6-14(10-16)13-29-17-9-4-3-7-15(17)12-22-24-21-23-20(26)18(30-21)11-19(25)28-2/h3-12H,13H2,1-2H3,(H,23,24,26)/b18-11+,22-12?. The van der Waals surface area contributed by atoms with E-state index in [1.54, 1.807) is 7.11 Å². The number of thioether (sulfide) groups is 1. The lowest BCUT2D eigenvalue weighted by Gasteiger charge is -2.09. The van der Waals surface area contributed by atoms with Crippen molar-refractivity contribution in [2.45, 2.75) is 6.61 Å². The maximum atomic E-state index is 11.8. The summed E-state index contributed by atoms with van der Waals surface area (Å²) < 4.78 is 15.6. The first-order valence-electron chi connectivity index (χ1n) is 8.83. The van der Waals surface area contributed by atoms with E-state index in [2.05, 4.69) is 20.3 Å². The largest absolute Gasteiger partial charge is 0.497 e. The Morgan fingerprint density at radius 2 is 2.00 bits per heavy atom. The van der Waals surface area contributed by atoms with E-state index in [0.29, 0.717) is 12.4 Å². The summed E-state index contributed by atoms with van der Waals surface area (Å²) in [5.41, 5.74) is 1.70. The topological polar surface area (TPSA) is 98.6 Å². The van der Waals surface area contributed by atoms with Crippen molar-refractivity contribution in [3.05, 3.63) is 70.6 Å². The quantitative estimate of drug-likeness (QED) is 0.317. The minimum Gasteiger partial charge on any atom is -0.497 e. The highest BCUT2D eigenvalue weighted by Crippen LogP contribution is 2.24. The number of methoxy groups -OCH3 is 2. The number of carbonyl (C=O) groups is 2. The Balaban J connectivity index is 1.66. The van der Waals surface area contributed by atoms with Crippen molar-refractivity contribution in [3.8, 4) is 11.5 Å². The fourth-order valence-corrected chi connectivity index (χ4v) is 3.17. The Kier molecular flexibility index (Phi) is 7.23. The first kappa shape index (κ1) is 21.1. The van der Waals surface area contributed by atoms with E-state index in [4.69, 9.17) is 9.47 Å². The molecule has 0 spiro atoms. The highest BCUT2D eigenvalue weighted by molar-refractivity contribution is 8.18. The molecule has 0 atom stereocenters. The number of hydrogen-bond acceptors (Lipinski definition) is 8. The van der Waals surface area contributed by atoms with E-state index in [0.717, 1.165) is 34.7 Å². The second-order valence-corrected chi connectivity index (χ2v) is 6.95. The van der Waals surface area contributed by atoms with Gasteiger partial charge in [-0.2, -0.15) is 5.10 Å². The Morgan fingerprint density at radius 3 is 2.80 bits per heavy atom. The third kappa shape index (κ3) is 5.71. The monoisotopic (exact) mass is 425 g/mol. The van der Waals surface area contributed by atoms with E-state index >= 15 is 0 Å². The third-order valence-electron chi connectivity index (χ3n) is 3.89. The first-order chi connectivity index (χ1) is 14.6. The fraction of sp³-hybridized carbons (Fsp3) is 0.143. The Labute approximate surface area is 177 Å². The summed E-state index contributed by atoms with van der Waals surface area (Å²) in [7, 11) is 2.86. The molecular formula is C21H19N3O5S. The number of para-hydroxylation sites is 1. The third-order valence-corrected chi connectivity index (χ3v) is 4.79. The van der Waals surface area contributed by atoms with Crippen molar-refractivity contribution >= 4 is 35.0 Å². The molecule has 1 heterocycles.